The van der Waals surface area contributed by atoms with Gasteiger partial charge in [0.15, 0.2) is 0 Å². The standard InChI is InChI=1S/C18H15N3O5/c1-10-3-4-11(17(23)25-2)8-14(10)15-6-5-13(26-15)7-12(9-19)16(22)21-18(20)24/h3-8H,1-2H3,(H3,20,21,22,24)/b12-7-. The summed E-state index contributed by atoms with van der Waals surface area (Å²) in [4.78, 5) is 34.1. The molecule has 26 heavy (non-hydrogen) atoms. The number of nitriles is 1. The third-order valence-corrected chi connectivity index (χ3v) is 3.44. The molecule has 0 radical (unpaired) electrons. The summed E-state index contributed by atoms with van der Waals surface area (Å²) < 4.78 is 10.3. The van der Waals surface area contributed by atoms with E-state index < -0.39 is 17.9 Å². The number of methoxy groups -OCH3 is 1. The summed E-state index contributed by atoms with van der Waals surface area (Å²) >= 11 is 0. The van der Waals surface area contributed by atoms with E-state index in [0.717, 1.165) is 5.56 Å². The number of ether oxygens (including phenoxy) is 1. The van der Waals surface area contributed by atoms with Gasteiger partial charge in [0.25, 0.3) is 5.91 Å². The maximum absolute atomic E-state index is 11.7. The number of imide groups is 1. The molecule has 0 fully saturated rings. The number of hydrogen-bond donors (Lipinski definition) is 2. The van der Waals surface area contributed by atoms with Crippen LogP contribution in [-0.2, 0) is 9.53 Å². The Morgan fingerprint density at radius 3 is 2.62 bits per heavy atom. The molecule has 2 rings (SSSR count). The van der Waals surface area contributed by atoms with Gasteiger partial charge in [0.2, 0.25) is 0 Å². The molecule has 0 saturated heterocycles. The number of amides is 3. The third kappa shape index (κ3) is 4.15. The Balaban J connectivity index is 2.37. The molecule has 1 aromatic carbocycles. The van der Waals surface area contributed by atoms with E-state index >= 15 is 0 Å². The normalized spacial score (nSPS) is 10.7. The van der Waals surface area contributed by atoms with Crippen LogP contribution in [0.5, 0.6) is 0 Å². The molecule has 0 unspecified atom stereocenters. The third-order valence-electron chi connectivity index (χ3n) is 3.44. The van der Waals surface area contributed by atoms with Gasteiger partial charge in [-0.15, -0.1) is 0 Å². The molecular formula is C18H15N3O5. The summed E-state index contributed by atoms with van der Waals surface area (Å²) in [5.74, 6) is -0.749. The largest absolute Gasteiger partial charge is 0.465 e. The van der Waals surface area contributed by atoms with Crippen molar-refractivity contribution < 1.29 is 23.5 Å². The van der Waals surface area contributed by atoms with Crippen molar-refractivity contribution in [1.82, 2.24) is 5.32 Å². The molecule has 8 nitrogen and oxygen atoms in total. The smallest absolute Gasteiger partial charge is 0.337 e. The van der Waals surface area contributed by atoms with E-state index in [-0.39, 0.29) is 11.3 Å². The average molecular weight is 353 g/mol. The lowest BCUT2D eigenvalue weighted by Gasteiger charge is -2.05. The molecular weight excluding hydrogens is 338 g/mol. The molecule has 1 aromatic heterocycles. The molecule has 3 amide bonds. The Morgan fingerprint density at radius 1 is 1.27 bits per heavy atom. The second kappa shape index (κ2) is 7.81. The van der Waals surface area contributed by atoms with Gasteiger partial charge in [-0.25, -0.2) is 9.59 Å². The number of hydrogen-bond acceptors (Lipinski definition) is 6. The predicted molar refractivity (Wildman–Crippen MR) is 91.5 cm³/mol. The quantitative estimate of drug-likeness (QED) is 0.491. The van der Waals surface area contributed by atoms with Gasteiger partial charge < -0.3 is 14.9 Å². The Morgan fingerprint density at radius 2 is 2.00 bits per heavy atom. The van der Waals surface area contributed by atoms with E-state index in [1.165, 1.54) is 13.2 Å². The maximum atomic E-state index is 11.7. The zero-order chi connectivity index (χ0) is 19.3. The summed E-state index contributed by atoms with van der Waals surface area (Å²) in [6.45, 7) is 1.84. The molecule has 0 spiro atoms. The van der Waals surface area contributed by atoms with Crippen molar-refractivity contribution in [3.8, 4) is 17.4 Å². The zero-order valence-electron chi connectivity index (χ0n) is 14.0. The fourth-order valence-electron chi connectivity index (χ4n) is 2.18. The zero-order valence-corrected chi connectivity index (χ0v) is 14.0. The fourth-order valence-corrected chi connectivity index (χ4v) is 2.18. The Hall–Kier alpha value is -3.86. The van der Waals surface area contributed by atoms with Gasteiger partial charge in [0.05, 0.1) is 12.7 Å². The summed E-state index contributed by atoms with van der Waals surface area (Å²) in [6, 6.07) is 8.80. The molecule has 1 heterocycles. The fraction of sp³-hybridized carbons (Fsp3) is 0.111. The van der Waals surface area contributed by atoms with Crippen LogP contribution < -0.4 is 11.1 Å². The SMILES string of the molecule is COC(=O)c1ccc(C)c(-c2ccc(/C=C(/C#N)C(=O)NC(N)=O)o2)c1. The van der Waals surface area contributed by atoms with E-state index in [1.54, 1.807) is 41.7 Å². The molecule has 0 atom stereocenters. The Labute approximate surface area is 148 Å². The number of primary amides is 1. The lowest BCUT2D eigenvalue weighted by molar-refractivity contribution is -0.116. The van der Waals surface area contributed by atoms with E-state index in [1.807, 2.05) is 6.92 Å². The van der Waals surface area contributed by atoms with Crippen LogP contribution in [0.25, 0.3) is 17.4 Å². The molecule has 0 bridgehead atoms. The van der Waals surface area contributed by atoms with Crippen molar-refractivity contribution in [3.63, 3.8) is 0 Å². The van der Waals surface area contributed by atoms with Crippen LogP contribution in [-0.4, -0.2) is 25.0 Å². The topological polar surface area (TPSA) is 135 Å². The van der Waals surface area contributed by atoms with Crippen molar-refractivity contribution in [2.75, 3.05) is 7.11 Å². The highest BCUT2D eigenvalue weighted by Crippen LogP contribution is 2.27. The first-order chi connectivity index (χ1) is 12.3. The number of esters is 1. The minimum absolute atomic E-state index is 0.221. The molecule has 2 aromatic rings. The van der Waals surface area contributed by atoms with Crippen LogP contribution in [0, 0.1) is 18.3 Å². The Bertz CT molecular complexity index is 950. The molecule has 0 aliphatic carbocycles. The van der Waals surface area contributed by atoms with Gasteiger partial charge in [-0.3, -0.25) is 10.1 Å². The minimum Gasteiger partial charge on any atom is -0.465 e. The van der Waals surface area contributed by atoms with Crippen LogP contribution in [0.4, 0.5) is 4.79 Å². The highest BCUT2D eigenvalue weighted by Gasteiger charge is 2.14. The summed E-state index contributed by atoms with van der Waals surface area (Å²) in [5, 5.41) is 10.8. The first-order valence-corrected chi connectivity index (χ1v) is 7.37. The number of nitrogens with zero attached hydrogens (tertiary/aromatic N) is 1. The first kappa shape index (κ1) is 18.5. The minimum atomic E-state index is -1.06. The van der Waals surface area contributed by atoms with Crippen molar-refractivity contribution in [3.05, 3.63) is 52.8 Å². The van der Waals surface area contributed by atoms with E-state index in [0.29, 0.717) is 16.9 Å². The molecule has 8 heteroatoms. The number of benzene rings is 1. The number of carbonyl (C=O) groups excluding carboxylic acids is 3. The van der Waals surface area contributed by atoms with Gasteiger partial charge in [-0.1, -0.05) is 6.07 Å². The number of aryl methyl sites for hydroxylation is 1. The van der Waals surface area contributed by atoms with E-state index in [9.17, 15) is 14.4 Å². The van der Waals surface area contributed by atoms with Crippen molar-refractivity contribution in [1.29, 1.82) is 5.26 Å². The van der Waals surface area contributed by atoms with E-state index in [4.69, 9.17) is 20.1 Å². The average Bonchev–Trinajstić information content (AvgIpc) is 3.07. The number of furan rings is 1. The van der Waals surface area contributed by atoms with Crippen LogP contribution >= 0.6 is 0 Å². The lowest BCUT2D eigenvalue weighted by Crippen LogP contribution is -2.35. The van der Waals surface area contributed by atoms with Gasteiger partial charge in [-0.2, -0.15) is 5.26 Å². The predicted octanol–water partition coefficient (Wildman–Crippen LogP) is 2.14. The molecule has 0 aliphatic heterocycles. The maximum Gasteiger partial charge on any atom is 0.337 e. The lowest BCUT2D eigenvalue weighted by atomic mass is 10.0. The van der Waals surface area contributed by atoms with Crippen LogP contribution in [0.15, 0.2) is 40.3 Å². The molecule has 0 saturated carbocycles. The number of nitrogens with two attached hydrogens (primary N) is 1. The van der Waals surface area contributed by atoms with Gasteiger partial charge >= 0.3 is 12.0 Å². The monoisotopic (exact) mass is 353 g/mol. The van der Waals surface area contributed by atoms with Crippen molar-refractivity contribution >= 4 is 24.0 Å². The highest BCUT2D eigenvalue weighted by molar-refractivity contribution is 6.08. The van der Waals surface area contributed by atoms with E-state index in [2.05, 4.69) is 0 Å². The first-order valence-electron chi connectivity index (χ1n) is 7.37. The molecule has 0 aliphatic rings. The number of urea groups is 1. The summed E-state index contributed by atoms with van der Waals surface area (Å²) in [7, 11) is 1.29. The van der Waals surface area contributed by atoms with Crippen LogP contribution in [0.3, 0.4) is 0 Å². The van der Waals surface area contributed by atoms with Gasteiger partial charge in [-0.05, 0) is 36.8 Å². The second-order valence-corrected chi connectivity index (χ2v) is 5.21. The van der Waals surface area contributed by atoms with Crippen molar-refractivity contribution in [2.45, 2.75) is 6.92 Å². The van der Waals surface area contributed by atoms with Crippen molar-refractivity contribution in [2.24, 2.45) is 5.73 Å². The van der Waals surface area contributed by atoms with Gasteiger partial charge in [0.1, 0.15) is 23.2 Å². The molecule has 3 N–H and O–H groups in total. The number of rotatable bonds is 4. The Kier molecular flexibility index (Phi) is 5.55. The van der Waals surface area contributed by atoms with Crippen LogP contribution in [0.1, 0.15) is 21.7 Å². The summed E-state index contributed by atoms with van der Waals surface area (Å²) in [6.07, 6.45) is 1.18. The number of carbonyl (C=O) groups is 3. The number of nitrogens with one attached hydrogen (secondary N) is 1. The molecule has 132 valence electrons. The highest BCUT2D eigenvalue weighted by atomic mass is 16.5. The van der Waals surface area contributed by atoms with Gasteiger partial charge in [0, 0.05) is 11.6 Å². The second-order valence-electron chi connectivity index (χ2n) is 5.21. The summed E-state index contributed by atoms with van der Waals surface area (Å²) in [5.41, 5.74) is 6.39. The van der Waals surface area contributed by atoms with Crippen LogP contribution in [0.2, 0.25) is 0 Å².